The van der Waals surface area contributed by atoms with Gasteiger partial charge in [-0.2, -0.15) is 0 Å². The second kappa shape index (κ2) is 5.46. The largest absolute Gasteiger partial charge is 0.297 e. The van der Waals surface area contributed by atoms with Crippen LogP contribution >= 0.6 is 11.6 Å². The Balaban J connectivity index is 3.13. The molecule has 0 aliphatic rings. The van der Waals surface area contributed by atoms with Crippen molar-refractivity contribution in [3.8, 4) is 0 Å². The van der Waals surface area contributed by atoms with E-state index < -0.39 is 0 Å². The molecular weight excluding hydrogens is 222 g/mol. The zero-order valence-corrected chi connectivity index (χ0v) is 11.0. The van der Waals surface area contributed by atoms with Crippen LogP contribution in [0.4, 0.5) is 0 Å². The van der Waals surface area contributed by atoms with E-state index in [-0.39, 0.29) is 17.7 Å². The van der Waals surface area contributed by atoms with Crippen molar-refractivity contribution in [2.45, 2.75) is 19.9 Å². The van der Waals surface area contributed by atoms with Gasteiger partial charge in [0.15, 0.2) is 5.78 Å². The van der Waals surface area contributed by atoms with E-state index in [4.69, 9.17) is 11.6 Å². The van der Waals surface area contributed by atoms with Crippen molar-refractivity contribution in [2.75, 3.05) is 14.1 Å². The summed E-state index contributed by atoms with van der Waals surface area (Å²) in [7, 11) is 3.79. The van der Waals surface area contributed by atoms with Gasteiger partial charge in [0, 0.05) is 10.9 Å². The van der Waals surface area contributed by atoms with Crippen molar-refractivity contribution in [3.63, 3.8) is 0 Å². The molecule has 88 valence electrons. The van der Waals surface area contributed by atoms with Crippen molar-refractivity contribution < 1.29 is 4.79 Å². The summed E-state index contributed by atoms with van der Waals surface area (Å²) in [5, 5.41) is 0.648. The number of hydrogen-bond donors (Lipinski definition) is 0. The summed E-state index contributed by atoms with van der Waals surface area (Å²) in [6.45, 7) is 3.82. The predicted octanol–water partition coefficient (Wildman–Crippen LogP) is 3.17. The maximum absolute atomic E-state index is 12.1. The van der Waals surface area contributed by atoms with Crippen molar-refractivity contribution in [3.05, 3.63) is 34.9 Å². The molecular formula is C13H18ClNO. The Kier molecular flexibility index (Phi) is 4.51. The standard InChI is InChI=1S/C13H18ClNO/c1-9(2)13(16)12(15(3)4)10-7-5-6-8-11(10)14/h5-9,12H,1-4H3. The van der Waals surface area contributed by atoms with E-state index in [1.807, 2.05) is 57.1 Å². The molecule has 3 heteroatoms. The Labute approximate surface area is 102 Å². The first-order valence-corrected chi connectivity index (χ1v) is 5.77. The fourth-order valence-corrected chi connectivity index (χ4v) is 1.94. The van der Waals surface area contributed by atoms with Gasteiger partial charge in [-0.3, -0.25) is 9.69 Å². The lowest BCUT2D eigenvalue weighted by molar-refractivity contribution is -0.126. The average Bonchev–Trinajstić information content (AvgIpc) is 2.20. The Morgan fingerprint density at radius 3 is 2.25 bits per heavy atom. The molecule has 1 aromatic carbocycles. The molecule has 16 heavy (non-hydrogen) atoms. The Morgan fingerprint density at radius 2 is 1.81 bits per heavy atom. The minimum Gasteiger partial charge on any atom is -0.297 e. The van der Waals surface area contributed by atoms with Gasteiger partial charge in [-0.15, -0.1) is 0 Å². The number of ketones is 1. The monoisotopic (exact) mass is 239 g/mol. The highest BCUT2D eigenvalue weighted by Gasteiger charge is 2.26. The molecule has 0 amide bonds. The van der Waals surface area contributed by atoms with Gasteiger partial charge < -0.3 is 0 Å². The van der Waals surface area contributed by atoms with Crippen LogP contribution in [-0.4, -0.2) is 24.8 Å². The highest BCUT2D eigenvalue weighted by atomic mass is 35.5. The molecule has 0 aliphatic carbocycles. The van der Waals surface area contributed by atoms with Crippen molar-refractivity contribution >= 4 is 17.4 Å². The van der Waals surface area contributed by atoms with Crippen LogP contribution in [0.2, 0.25) is 5.02 Å². The highest BCUT2D eigenvalue weighted by Crippen LogP contribution is 2.28. The van der Waals surface area contributed by atoms with E-state index in [1.165, 1.54) is 0 Å². The van der Waals surface area contributed by atoms with Gasteiger partial charge in [0.05, 0.1) is 6.04 Å². The molecule has 0 aromatic heterocycles. The number of carbonyl (C=O) groups is 1. The van der Waals surface area contributed by atoms with Gasteiger partial charge in [-0.25, -0.2) is 0 Å². The second-order valence-corrected chi connectivity index (χ2v) is 4.85. The number of nitrogens with zero attached hydrogens (tertiary/aromatic N) is 1. The molecule has 1 rings (SSSR count). The third-order valence-electron chi connectivity index (χ3n) is 2.55. The summed E-state index contributed by atoms with van der Waals surface area (Å²) in [4.78, 5) is 14.0. The molecule has 0 radical (unpaired) electrons. The first-order valence-electron chi connectivity index (χ1n) is 5.39. The summed E-state index contributed by atoms with van der Waals surface area (Å²) in [6, 6.07) is 7.26. The topological polar surface area (TPSA) is 20.3 Å². The number of benzene rings is 1. The fraction of sp³-hybridized carbons (Fsp3) is 0.462. The van der Waals surface area contributed by atoms with E-state index in [9.17, 15) is 4.79 Å². The van der Waals surface area contributed by atoms with Gasteiger partial charge in [0.2, 0.25) is 0 Å². The summed E-state index contributed by atoms with van der Waals surface area (Å²) >= 11 is 6.13. The van der Waals surface area contributed by atoms with Crippen molar-refractivity contribution in [1.82, 2.24) is 4.90 Å². The first kappa shape index (κ1) is 13.2. The second-order valence-electron chi connectivity index (χ2n) is 4.44. The van der Waals surface area contributed by atoms with E-state index in [1.54, 1.807) is 0 Å². The Morgan fingerprint density at radius 1 is 1.25 bits per heavy atom. The minimum absolute atomic E-state index is 0.00340. The van der Waals surface area contributed by atoms with Crippen LogP contribution in [0.5, 0.6) is 0 Å². The third-order valence-corrected chi connectivity index (χ3v) is 2.90. The molecule has 0 spiro atoms. The maximum Gasteiger partial charge on any atom is 0.157 e. The van der Waals surface area contributed by atoms with Gasteiger partial charge in [0.25, 0.3) is 0 Å². The minimum atomic E-state index is -0.256. The Bertz CT molecular complexity index is 374. The summed E-state index contributed by atoms with van der Waals surface area (Å²) in [5.41, 5.74) is 0.882. The molecule has 1 unspecified atom stereocenters. The van der Waals surface area contributed by atoms with Crippen LogP contribution in [0, 0.1) is 5.92 Å². The van der Waals surface area contributed by atoms with Gasteiger partial charge in [-0.05, 0) is 25.7 Å². The predicted molar refractivity (Wildman–Crippen MR) is 67.7 cm³/mol. The molecule has 0 saturated heterocycles. The molecule has 2 nitrogen and oxygen atoms in total. The fourth-order valence-electron chi connectivity index (χ4n) is 1.70. The van der Waals surface area contributed by atoms with Gasteiger partial charge in [-0.1, -0.05) is 43.6 Å². The van der Waals surface area contributed by atoms with Gasteiger partial charge >= 0.3 is 0 Å². The van der Waals surface area contributed by atoms with E-state index >= 15 is 0 Å². The average molecular weight is 240 g/mol. The SMILES string of the molecule is CC(C)C(=O)C(c1ccccc1Cl)N(C)C. The molecule has 0 bridgehead atoms. The lowest BCUT2D eigenvalue weighted by Gasteiger charge is -2.25. The summed E-state index contributed by atoms with van der Waals surface area (Å²) in [6.07, 6.45) is 0. The zero-order valence-electron chi connectivity index (χ0n) is 10.2. The van der Waals surface area contributed by atoms with Crippen LogP contribution < -0.4 is 0 Å². The normalized spacial score (nSPS) is 13.2. The molecule has 0 saturated carbocycles. The molecule has 0 N–H and O–H groups in total. The van der Waals surface area contributed by atoms with Crippen molar-refractivity contribution in [2.24, 2.45) is 5.92 Å². The van der Waals surface area contributed by atoms with Crippen LogP contribution in [0.1, 0.15) is 25.5 Å². The number of rotatable bonds is 4. The number of halogens is 1. The summed E-state index contributed by atoms with van der Waals surface area (Å²) in [5.74, 6) is 0.196. The molecule has 0 aliphatic heterocycles. The number of Topliss-reactive ketones (excluding diaryl/α,β-unsaturated/α-hetero) is 1. The number of hydrogen-bond acceptors (Lipinski definition) is 2. The molecule has 1 atom stereocenters. The zero-order chi connectivity index (χ0) is 12.3. The lowest BCUT2D eigenvalue weighted by Crippen LogP contribution is -2.30. The van der Waals surface area contributed by atoms with Gasteiger partial charge in [0.1, 0.15) is 0 Å². The number of likely N-dealkylation sites (N-methyl/N-ethyl adjacent to an activating group) is 1. The van der Waals surface area contributed by atoms with Crippen LogP contribution in [0.25, 0.3) is 0 Å². The quantitative estimate of drug-likeness (QED) is 0.805. The van der Waals surface area contributed by atoms with Crippen LogP contribution in [0.15, 0.2) is 24.3 Å². The van der Waals surface area contributed by atoms with Crippen molar-refractivity contribution in [1.29, 1.82) is 0 Å². The maximum atomic E-state index is 12.1. The molecule has 0 fully saturated rings. The third kappa shape index (κ3) is 2.83. The van der Waals surface area contributed by atoms with E-state index in [2.05, 4.69) is 0 Å². The van der Waals surface area contributed by atoms with E-state index in [0.29, 0.717) is 5.02 Å². The first-order chi connectivity index (χ1) is 7.45. The van der Waals surface area contributed by atoms with E-state index in [0.717, 1.165) is 5.56 Å². The van der Waals surface area contributed by atoms with Crippen LogP contribution in [-0.2, 0) is 4.79 Å². The molecule has 0 heterocycles. The summed E-state index contributed by atoms with van der Waals surface area (Å²) < 4.78 is 0. The lowest BCUT2D eigenvalue weighted by atomic mass is 9.94. The van der Waals surface area contributed by atoms with Crippen LogP contribution in [0.3, 0.4) is 0 Å². The molecule has 1 aromatic rings. The highest BCUT2D eigenvalue weighted by molar-refractivity contribution is 6.31. The smallest absolute Gasteiger partial charge is 0.157 e. The Hall–Kier alpha value is -0.860. The number of carbonyl (C=O) groups excluding carboxylic acids is 1.